The fourth-order valence-electron chi connectivity index (χ4n) is 6.93. The average molecular weight is 847 g/mol. The van der Waals surface area contributed by atoms with E-state index in [0.29, 0.717) is 38.9 Å². The van der Waals surface area contributed by atoms with Gasteiger partial charge in [-0.05, 0) is 91.6 Å². The van der Waals surface area contributed by atoms with E-state index in [9.17, 15) is 28.0 Å². The van der Waals surface area contributed by atoms with Gasteiger partial charge in [0, 0.05) is 30.4 Å². The van der Waals surface area contributed by atoms with Crippen LogP contribution in [0.25, 0.3) is 56.0 Å². The fourth-order valence-corrected chi connectivity index (χ4v) is 7.48. The molecule has 0 fully saturated rings. The van der Waals surface area contributed by atoms with Crippen molar-refractivity contribution < 1.29 is 13.2 Å². The van der Waals surface area contributed by atoms with Gasteiger partial charge in [-0.15, -0.1) is 11.8 Å². The molecule has 0 aliphatic rings. The van der Waals surface area contributed by atoms with Crippen molar-refractivity contribution in [3.05, 3.63) is 155 Å². The van der Waals surface area contributed by atoms with Crippen LogP contribution in [0, 0.1) is 31.4 Å². The van der Waals surface area contributed by atoms with E-state index in [1.54, 1.807) is 49.8 Å². The molecule has 14 nitrogen and oxygen atoms in total. The molecule has 0 aromatic carbocycles. The van der Waals surface area contributed by atoms with Crippen LogP contribution in [0.2, 0.25) is 0 Å². The molecule has 0 aliphatic heterocycles. The summed E-state index contributed by atoms with van der Waals surface area (Å²) in [5.41, 5.74) is 0.818. The summed E-state index contributed by atoms with van der Waals surface area (Å²) in [4.78, 5) is 80.5. The largest absolute Gasteiger partial charge is 0.334 e. The number of nitrogens with one attached hydrogen (secondary N) is 2. The van der Waals surface area contributed by atoms with Crippen LogP contribution in [-0.4, -0.2) is 55.3 Å². The lowest BCUT2D eigenvalue weighted by Gasteiger charge is -2.18. The average Bonchev–Trinajstić information content (AvgIpc) is 3.22. The number of nitrogens with zero attached hydrogens (tertiary/aromatic N) is 8. The Hall–Kier alpha value is -7.08. The van der Waals surface area contributed by atoms with E-state index in [4.69, 9.17) is 0 Å². The number of hydrogen-bond donors (Lipinski definition) is 2. The first-order valence-electron chi connectivity index (χ1n) is 18.9. The molecule has 8 heterocycles. The molecule has 0 radical (unpaired) electrons. The zero-order valence-corrected chi connectivity index (χ0v) is 34.7. The molecule has 8 rings (SSSR count). The molecule has 8 aromatic heterocycles. The summed E-state index contributed by atoms with van der Waals surface area (Å²) < 4.78 is 46.6. The van der Waals surface area contributed by atoms with Gasteiger partial charge >= 0.3 is 11.4 Å². The molecule has 0 atom stereocenters. The first-order chi connectivity index (χ1) is 29.1. The molecule has 0 saturated heterocycles. The highest BCUT2D eigenvalue weighted by molar-refractivity contribution is 7.98. The van der Waals surface area contributed by atoms with Gasteiger partial charge in [-0.1, -0.05) is 27.7 Å². The lowest BCUT2D eigenvalue weighted by atomic mass is 10.0. The van der Waals surface area contributed by atoms with Crippen LogP contribution in [-0.2, 0) is 0 Å². The molecule has 0 saturated carbocycles. The third-order valence-corrected chi connectivity index (χ3v) is 10.5. The number of aromatic nitrogens is 10. The summed E-state index contributed by atoms with van der Waals surface area (Å²) in [6.45, 7) is 11.4. The van der Waals surface area contributed by atoms with Crippen LogP contribution in [0.4, 0.5) is 13.2 Å². The maximum Gasteiger partial charge on any atom is 0.334 e. The second kappa shape index (κ2) is 16.9. The van der Waals surface area contributed by atoms with Crippen LogP contribution in [0.3, 0.4) is 0 Å². The van der Waals surface area contributed by atoms with E-state index in [1.165, 1.54) is 39.2 Å². The van der Waals surface area contributed by atoms with Gasteiger partial charge in [-0.2, -0.15) is 4.39 Å². The molecule has 18 heteroatoms. The molecule has 8 aromatic rings. The number of halogens is 3. The van der Waals surface area contributed by atoms with Crippen molar-refractivity contribution in [2.45, 2.75) is 58.4 Å². The van der Waals surface area contributed by atoms with Crippen molar-refractivity contribution >= 4 is 33.8 Å². The predicted octanol–water partition coefficient (Wildman–Crippen LogP) is 7.06. The maximum atomic E-state index is 15.1. The molecular formula is C43H37F3N10O4S. The smallest absolute Gasteiger partial charge is 0.273 e. The number of aryl methyl sites for hydroxylation is 2. The van der Waals surface area contributed by atoms with Crippen molar-refractivity contribution in [1.82, 2.24) is 49.0 Å². The van der Waals surface area contributed by atoms with Crippen LogP contribution in [0.5, 0.6) is 0 Å². The molecule has 0 aliphatic carbocycles. The second-order valence-corrected chi connectivity index (χ2v) is 15.3. The van der Waals surface area contributed by atoms with E-state index < -0.39 is 40.1 Å². The normalized spacial score (nSPS) is 11.4. The SMILES string of the molecule is CSc1ncccc1-c1nc2c(cc1F)c(=O)[nH]c(=O)n2-c1c(C)ccnc1C(C)C.Cc1ccnc(C(C)C)c1-n1c(=O)[nH]c(=O)c2cc(F)c(-c3cccnc3F)nc21. The van der Waals surface area contributed by atoms with E-state index in [2.05, 4.69) is 39.9 Å². The molecule has 310 valence electrons. The first-order valence-corrected chi connectivity index (χ1v) is 20.1. The monoisotopic (exact) mass is 846 g/mol. The Balaban J connectivity index is 0.000000184. The molecular weight excluding hydrogens is 810 g/mol. The van der Waals surface area contributed by atoms with E-state index in [-0.39, 0.29) is 50.9 Å². The van der Waals surface area contributed by atoms with Gasteiger partial charge < -0.3 is 0 Å². The summed E-state index contributed by atoms with van der Waals surface area (Å²) in [6.07, 6.45) is 7.97. The van der Waals surface area contributed by atoms with Gasteiger partial charge in [0.2, 0.25) is 5.95 Å². The standard InChI is InChI=1S/C22H20FN5O2S.C21H17F2N5O2/c1-11(2)16-18(12(3)7-9-24-16)28-19-14(20(29)27-22(28)30)10-15(23)17(26-19)13-6-5-8-25-21(13)31-4;1-10(2)15-17(11(3)6-8-24-15)28-19-13(20(29)27-21(28)30)9-14(22)16(26-19)12-5-4-7-25-18(12)23/h5-11H,1-4H3,(H,27,29,30);4-10H,1-3H3,(H,27,29,30). The minimum absolute atomic E-state index is 0.00474. The fraction of sp³-hybridized carbons (Fsp3) is 0.209. The quantitative estimate of drug-likeness (QED) is 0.123. The number of aromatic amines is 2. The molecule has 0 amide bonds. The van der Waals surface area contributed by atoms with Crippen molar-refractivity contribution in [2.75, 3.05) is 6.26 Å². The lowest BCUT2D eigenvalue weighted by molar-refractivity contribution is 0.581. The maximum absolute atomic E-state index is 15.1. The van der Waals surface area contributed by atoms with Crippen LogP contribution in [0.15, 0.2) is 97.5 Å². The number of pyridine rings is 6. The Bertz CT molecular complexity index is 3270. The Labute approximate surface area is 348 Å². The third-order valence-electron chi connectivity index (χ3n) is 9.76. The van der Waals surface area contributed by atoms with Crippen molar-refractivity contribution in [3.8, 4) is 33.9 Å². The van der Waals surface area contributed by atoms with E-state index in [1.807, 2.05) is 40.9 Å². The number of thioether (sulfide) groups is 1. The summed E-state index contributed by atoms with van der Waals surface area (Å²) in [7, 11) is 0. The Morgan fingerprint density at radius 1 is 0.607 bits per heavy atom. The van der Waals surface area contributed by atoms with E-state index >= 15 is 4.39 Å². The molecule has 0 spiro atoms. The summed E-state index contributed by atoms with van der Waals surface area (Å²) in [6, 6.07) is 11.7. The highest BCUT2D eigenvalue weighted by Gasteiger charge is 2.24. The molecule has 61 heavy (non-hydrogen) atoms. The summed E-state index contributed by atoms with van der Waals surface area (Å²) in [5, 5.41) is 0.430. The van der Waals surface area contributed by atoms with Crippen LogP contribution >= 0.6 is 11.8 Å². The Morgan fingerprint density at radius 2 is 1.05 bits per heavy atom. The van der Waals surface area contributed by atoms with Crippen LogP contribution in [0.1, 0.15) is 62.0 Å². The van der Waals surface area contributed by atoms with Gasteiger partial charge in [0.25, 0.3) is 11.1 Å². The second-order valence-electron chi connectivity index (χ2n) is 14.5. The first kappa shape index (κ1) is 42.1. The van der Waals surface area contributed by atoms with Gasteiger partial charge in [0.15, 0.2) is 22.9 Å². The van der Waals surface area contributed by atoms with Gasteiger partial charge in [0.05, 0.1) is 39.1 Å². The Morgan fingerprint density at radius 3 is 1.49 bits per heavy atom. The number of fused-ring (bicyclic) bond motifs is 2. The lowest BCUT2D eigenvalue weighted by Crippen LogP contribution is -2.31. The highest BCUT2D eigenvalue weighted by atomic mass is 32.2. The minimum atomic E-state index is -0.914. The Kier molecular flexibility index (Phi) is 11.6. The van der Waals surface area contributed by atoms with Gasteiger partial charge in [-0.3, -0.25) is 29.5 Å². The summed E-state index contributed by atoms with van der Waals surface area (Å²) in [5.74, 6) is -2.53. The predicted molar refractivity (Wildman–Crippen MR) is 227 cm³/mol. The van der Waals surface area contributed by atoms with Crippen molar-refractivity contribution in [3.63, 3.8) is 0 Å². The van der Waals surface area contributed by atoms with Crippen molar-refractivity contribution in [2.24, 2.45) is 0 Å². The summed E-state index contributed by atoms with van der Waals surface area (Å²) >= 11 is 1.36. The van der Waals surface area contributed by atoms with Crippen LogP contribution < -0.4 is 22.5 Å². The number of hydrogen-bond acceptors (Lipinski definition) is 11. The topological polar surface area (TPSA) is 187 Å². The van der Waals surface area contributed by atoms with E-state index in [0.717, 1.165) is 17.7 Å². The molecule has 2 N–H and O–H groups in total. The minimum Gasteiger partial charge on any atom is -0.273 e. The molecule has 0 bridgehead atoms. The number of rotatable bonds is 7. The number of H-pyrrole nitrogens is 2. The van der Waals surface area contributed by atoms with Crippen molar-refractivity contribution in [1.29, 1.82) is 0 Å². The zero-order valence-electron chi connectivity index (χ0n) is 33.8. The zero-order chi connectivity index (χ0) is 43.9. The highest BCUT2D eigenvalue weighted by Crippen LogP contribution is 2.32. The third kappa shape index (κ3) is 7.77. The van der Waals surface area contributed by atoms with Gasteiger partial charge in [0.1, 0.15) is 16.4 Å². The molecule has 0 unspecified atom stereocenters. The van der Waals surface area contributed by atoms with Gasteiger partial charge in [-0.25, -0.2) is 47.4 Å².